The van der Waals surface area contributed by atoms with Gasteiger partial charge >= 0.3 is 0 Å². The summed E-state index contributed by atoms with van der Waals surface area (Å²) in [4.78, 5) is 17.0. The predicted octanol–water partition coefficient (Wildman–Crippen LogP) is 4.93. The fraction of sp³-hybridized carbons (Fsp3) is 0.167. The summed E-state index contributed by atoms with van der Waals surface area (Å²) < 4.78 is 1.98. The highest BCUT2D eigenvalue weighted by atomic mass is 32.2. The molecule has 0 saturated carbocycles. The minimum atomic E-state index is -0.250. The van der Waals surface area contributed by atoms with Crippen LogP contribution in [0.2, 0.25) is 0 Å². The maximum absolute atomic E-state index is 12.8. The number of Topliss-reactive ketones (excluding diaryl/α,β-unsaturated/α-hetero) is 1. The van der Waals surface area contributed by atoms with E-state index in [0.29, 0.717) is 17.4 Å². The Balaban J connectivity index is 1.61. The van der Waals surface area contributed by atoms with E-state index in [1.165, 1.54) is 17.3 Å². The standard InChI is InChI=1S/C24H22N4OS/c1-17-10-12-19(13-11-17)15-22(29)18(2)30-24-27-26-23(20-7-6-14-25-16-20)28(24)21-8-4-3-5-9-21/h3-14,16,18H,15H2,1-2H3. The van der Waals surface area contributed by atoms with Crippen molar-refractivity contribution in [1.29, 1.82) is 0 Å². The Morgan fingerprint density at radius 3 is 2.47 bits per heavy atom. The highest BCUT2D eigenvalue weighted by molar-refractivity contribution is 8.00. The zero-order valence-electron chi connectivity index (χ0n) is 16.9. The lowest BCUT2D eigenvalue weighted by Gasteiger charge is -2.13. The Morgan fingerprint density at radius 1 is 1.00 bits per heavy atom. The molecule has 0 aliphatic heterocycles. The highest BCUT2D eigenvalue weighted by Crippen LogP contribution is 2.30. The van der Waals surface area contributed by atoms with Gasteiger partial charge in [-0.2, -0.15) is 0 Å². The zero-order chi connectivity index (χ0) is 20.9. The second kappa shape index (κ2) is 9.05. The quantitative estimate of drug-likeness (QED) is 0.401. The zero-order valence-corrected chi connectivity index (χ0v) is 17.7. The summed E-state index contributed by atoms with van der Waals surface area (Å²) in [5.74, 6) is 0.865. The van der Waals surface area contributed by atoms with Crippen molar-refractivity contribution in [3.8, 4) is 17.1 Å². The first-order chi connectivity index (χ1) is 14.6. The van der Waals surface area contributed by atoms with E-state index in [1.54, 1.807) is 12.4 Å². The van der Waals surface area contributed by atoms with Crippen molar-refractivity contribution in [2.45, 2.75) is 30.7 Å². The minimum absolute atomic E-state index is 0.161. The molecular weight excluding hydrogens is 392 g/mol. The highest BCUT2D eigenvalue weighted by Gasteiger charge is 2.22. The predicted molar refractivity (Wildman–Crippen MR) is 120 cm³/mol. The molecular formula is C24H22N4OS. The Bertz CT molecular complexity index is 1130. The van der Waals surface area contributed by atoms with Gasteiger partial charge in [0.2, 0.25) is 0 Å². The first kappa shape index (κ1) is 20.0. The van der Waals surface area contributed by atoms with Crippen LogP contribution in [0.1, 0.15) is 18.1 Å². The van der Waals surface area contributed by atoms with Crippen molar-refractivity contribution in [2.24, 2.45) is 0 Å². The normalized spacial score (nSPS) is 11.9. The third kappa shape index (κ3) is 4.49. The van der Waals surface area contributed by atoms with E-state index in [-0.39, 0.29) is 11.0 Å². The summed E-state index contributed by atoms with van der Waals surface area (Å²) in [5.41, 5.74) is 4.03. The molecule has 2 heterocycles. The third-order valence-corrected chi connectivity index (χ3v) is 5.89. The van der Waals surface area contributed by atoms with Gasteiger partial charge in [-0.1, -0.05) is 59.8 Å². The van der Waals surface area contributed by atoms with Crippen LogP contribution in [-0.2, 0) is 11.2 Å². The molecule has 4 aromatic rings. The average Bonchev–Trinajstić information content (AvgIpc) is 3.20. The van der Waals surface area contributed by atoms with Crippen molar-refractivity contribution in [2.75, 3.05) is 0 Å². The summed E-state index contributed by atoms with van der Waals surface area (Å²) in [6, 6.07) is 21.9. The van der Waals surface area contributed by atoms with Crippen LogP contribution in [0.4, 0.5) is 0 Å². The van der Waals surface area contributed by atoms with E-state index < -0.39 is 0 Å². The van der Waals surface area contributed by atoms with E-state index in [1.807, 2.05) is 85.1 Å². The first-order valence-corrected chi connectivity index (χ1v) is 10.7. The van der Waals surface area contributed by atoms with Crippen LogP contribution in [0.3, 0.4) is 0 Å². The van der Waals surface area contributed by atoms with Crippen LogP contribution in [0.25, 0.3) is 17.1 Å². The molecule has 0 fully saturated rings. The molecule has 2 aromatic heterocycles. The molecule has 1 unspecified atom stereocenters. The van der Waals surface area contributed by atoms with Crippen molar-refractivity contribution in [3.63, 3.8) is 0 Å². The summed E-state index contributed by atoms with van der Waals surface area (Å²) in [6.45, 7) is 3.97. The number of pyridine rings is 1. The van der Waals surface area contributed by atoms with Gasteiger partial charge in [-0.05, 0) is 43.7 Å². The van der Waals surface area contributed by atoms with Gasteiger partial charge in [0.1, 0.15) is 5.78 Å². The van der Waals surface area contributed by atoms with Crippen LogP contribution in [0.15, 0.2) is 84.3 Å². The van der Waals surface area contributed by atoms with Crippen LogP contribution < -0.4 is 0 Å². The minimum Gasteiger partial charge on any atom is -0.298 e. The van der Waals surface area contributed by atoms with Gasteiger partial charge in [0.05, 0.1) is 5.25 Å². The molecule has 30 heavy (non-hydrogen) atoms. The Hall–Kier alpha value is -3.25. The molecule has 0 aliphatic carbocycles. The maximum Gasteiger partial charge on any atom is 0.196 e. The molecule has 6 heteroatoms. The van der Waals surface area contributed by atoms with Gasteiger partial charge in [0, 0.05) is 30.1 Å². The van der Waals surface area contributed by atoms with Gasteiger partial charge < -0.3 is 0 Å². The number of carbonyl (C=O) groups excluding carboxylic acids is 1. The number of aryl methyl sites for hydroxylation is 1. The molecule has 0 N–H and O–H groups in total. The molecule has 0 radical (unpaired) electrons. The van der Waals surface area contributed by atoms with E-state index in [0.717, 1.165) is 16.8 Å². The van der Waals surface area contributed by atoms with Crippen LogP contribution in [-0.4, -0.2) is 30.8 Å². The lowest BCUT2D eigenvalue weighted by molar-refractivity contribution is -0.117. The number of carbonyl (C=O) groups is 1. The molecule has 2 aromatic carbocycles. The Labute approximate surface area is 180 Å². The van der Waals surface area contributed by atoms with Crippen molar-refractivity contribution < 1.29 is 4.79 Å². The smallest absolute Gasteiger partial charge is 0.196 e. The summed E-state index contributed by atoms with van der Waals surface area (Å²) in [5, 5.41) is 9.25. The summed E-state index contributed by atoms with van der Waals surface area (Å²) in [7, 11) is 0. The SMILES string of the molecule is Cc1ccc(CC(=O)C(C)Sc2nnc(-c3cccnc3)n2-c2ccccc2)cc1. The van der Waals surface area contributed by atoms with E-state index in [2.05, 4.69) is 15.2 Å². The molecule has 0 bridgehead atoms. The van der Waals surface area contributed by atoms with E-state index in [4.69, 9.17) is 0 Å². The molecule has 0 aliphatic rings. The third-order valence-electron chi connectivity index (χ3n) is 4.80. The molecule has 150 valence electrons. The number of thioether (sulfide) groups is 1. The van der Waals surface area contributed by atoms with E-state index >= 15 is 0 Å². The van der Waals surface area contributed by atoms with Crippen molar-refractivity contribution >= 4 is 17.5 Å². The number of ketones is 1. The van der Waals surface area contributed by atoms with Gasteiger partial charge in [-0.25, -0.2) is 0 Å². The molecule has 0 amide bonds. The average molecular weight is 415 g/mol. The van der Waals surface area contributed by atoms with Gasteiger partial charge in [0.25, 0.3) is 0 Å². The molecule has 5 nitrogen and oxygen atoms in total. The molecule has 4 rings (SSSR count). The second-order valence-electron chi connectivity index (χ2n) is 7.11. The largest absolute Gasteiger partial charge is 0.298 e. The van der Waals surface area contributed by atoms with Gasteiger partial charge in [-0.15, -0.1) is 10.2 Å². The van der Waals surface area contributed by atoms with Crippen molar-refractivity contribution in [1.82, 2.24) is 19.7 Å². The number of aromatic nitrogens is 4. The Morgan fingerprint density at radius 2 is 1.77 bits per heavy atom. The number of benzene rings is 2. The van der Waals surface area contributed by atoms with Crippen molar-refractivity contribution in [3.05, 3.63) is 90.3 Å². The summed E-state index contributed by atoms with van der Waals surface area (Å²) >= 11 is 1.43. The molecule has 0 saturated heterocycles. The lowest BCUT2D eigenvalue weighted by atomic mass is 10.1. The number of rotatable bonds is 7. The number of nitrogens with zero attached hydrogens (tertiary/aromatic N) is 4. The topological polar surface area (TPSA) is 60.7 Å². The van der Waals surface area contributed by atoms with Crippen LogP contribution >= 0.6 is 11.8 Å². The van der Waals surface area contributed by atoms with Gasteiger partial charge in [0.15, 0.2) is 11.0 Å². The maximum atomic E-state index is 12.8. The van der Waals surface area contributed by atoms with Crippen LogP contribution in [0.5, 0.6) is 0 Å². The lowest BCUT2D eigenvalue weighted by Crippen LogP contribution is -2.16. The summed E-state index contributed by atoms with van der Waals surface area (Å²) in [6.07, 6.45) is 3.90. The fourth-order valence-electron chi connectivity index (χ4n) is 3.11. The first-order valence-electron chi connectivity index (χ1n) is 9.78. The molecule has 1 atom stereocenters. The van der Waals surface area contributed by atoms with Gasteiger partial charge in [-0.3, -0.25) is 14.3 Å². The monoisotopic (exact) mass is 414 g/mol. The second-order valence-corrected chi connectivity index (χ2v) is 8.42. The fourth-order valence-corrected chi connectivity index (χ4v) is 4.03. The Kier molecular flexibility index (Phi) is 6.05. The molecule has 0 spiro atoms. The van der Waals surface area contributed by atoms with E-state index in [9.17, 15) is 4.79 Å². The number of para-hydroxylation sites is 1. The van der Waals surface area contributed by atoms with Crippen LogP contribution in [0, 0.1) is 6.92 Å². The number of hydrogen-bond donors (Lipinski definition) is 0. The number of hydrogen-bond acceptors (Lipinski definition) is 5.